The summed E-state index contributed by atoms with van der Waals surface area (Å²) in [4.78, 5) is 46.3. The average molecular weight is 804 g/mol. The van der Waals surface area contributed by atoms with Crippen LogP contribution in [0.5, 0.6) is 0 Å². The molecule has 2 aromatic rings. The third-order valence-corrected chi connectivity index (χ3v) is 19.1. The number of aliphatic hydroxyl groups is 2. The standard InChI is InChI=1S/C46H55ClFNO6S/c1-39(2)42(5)18-21-46(39,55-38(42)53)37(52)49(22-14-29-8-7-23-56-29)27-44(54)17-13-36-41(44,4)16-12-35-40(3)15-11-28(50)25-43(40)19-20-45(35,36)31(26-43)34(51)24-30-32(47)9-6-10-33(30)48/h6-10,19-20,23,26,28,35-36,50,54H,11-18,21-22,24-25,27H2,1-5H3/t28?,35-,36-,40-,41+,42+,43+,44-,45-,46-/m1/s1. The van der Waals surface area contributed by atoms with Crippen LogP contribution >= 0.6 is 22.9 Å². The van der Waals surface area contributed by atoms with Gasteiger partial charge in [-0.2, -0.15) is 0 Å². The van der Waals surface area contributed by atoms with Crippen molar-refractivity contribution in [1.82, 2.24) is 4.90 Å². The first-order valence-corrected chi connectivity index (χ1v) is 21.9. The summed E-state index contributed by atoms with van der Waals surface area (Å²) in [6, 6.07) is 8.55. The Morgan fingerprint density at radius 2 is 1.70 bits per heavy atom. The van der Waals surface area contributed by atoms with E-state index in [4.69, 9.17) is 16.3 Å². The minimum Gasteiger partial charge on any atom is -0.448 e. The first-order chi connectivity index (χ1) is 26.3. The van der Waals surface area contributed by atoms with E-state index in [0.717, 1.165) is 17.7 Å². The Kier molecular flexibility index (Phi) is 8.52. The fraction of sp³-hybridized carbons (Fsp3) is 0.630. The number of esters is 1. The van der Waals surface area contributed by atoms with Crippen LogP contribution in [0, 0.1) is 50.1 Å². The summed E-state index contributed by atoms with van der Waals surface area (Å²) in [5.74, 6) is -1.32. The van der Waals surface area contributed by atoms with Crippen molar-refractivity contribution in [2.75, 3.05) is 13.1 Å². The molecule has 300 valence electrons. The van der Waals surface area contributed by atoms with Crippen molar-refractivity contribution in [3.8, 4) is 0 Å². The Morgan fingerprint density at radius 1 is 0.964 bits per heavy atom. The number of ether oxygens (including phenoxy) is 1. The van der Waals surface area contributed by atoms with Crippen molar-refractivity contribution in [1.29, 1.82) is 0 Å². The molecular weight excluding hydrogens is 749 g/mol. The number of benzene rings is 1. The van der Waals surface area contributed by atoms with Gasteiger partial charge in [0, 0.05) is 55.7 Å². The largest absolute Gasteiger partial charge is 0.448 e. The van der Waals surface area contributed by atoms with Gasteiger partial charge in [-0.1, -0.05) is 69.7 Å². The molecule has 10 atom stereocenters. The number of Topliss-reactive ketones (excluding diaryl/α,β-unsaturated/α-hetero) is 1. The van der Waals surface area contributed by atoms with E-state index in [0.29, 0.717) is 63.5 Å². The summed E-state index contributed by atoms with van der Waals surface area (Å²) in [5.41, 5.74) is -5.45. The first kappa shape index (κ1) is 38.7. The van der Waals surface area contributed by atoms with Crippen LogP contribution in [0.1, 0.15) is 103 Å². The third kappa shape index (κ3) is 4.72. The number of hydrogen-bond donors (Lipinski definition) is 2. The number of hydrogen-bond acceptors (Lipinski definition) is 7. The first-order valence-electron chi connectivity index (χ1n) is 20.7. The lowest BCUT2D eigenvalue weighted by molar-refractivity contribution is -0.188. The molecule has 8 aliphatic rings. The molecule has 10 heteroatoms. The van der Waals surface area contributed by atoms with Gasteiger partial charge in [-0.25, -0.2) is 4.39 Å². The Hall–Kier alpha value is -2.85. The second kappa shape index (κ2) is 12.3. The van der Waals surface area contributed by atoms with E-state index in [1.165, 1.54) is 6.07 Å². The van der Waals surface area contributed by atoms with E-state index in [1.807, 2.05) is 32.2 Å². The number of amides is 1. The van der Waals surface area contributed by atoms with Gasteiger partial charge in [-0.3, -0.25) is 14.4 Å². The molecule has 4 bridgehead atoms. The molecule has 4 saturated carbocycles. The van der Waals surface area contributed by atoms with Crippen LogP contribution in [0.3, 0.4) is 0 Å². The van der Waals surface area contributed by atoms with Crippen LogP contribution in [0.15, 0.2) is 59.5 Å². The van der Waals surface area contributed by atoms with Crippen molar-refractivity contribution in [2.45, 2.75) is 123 Å². The Bertz CT molecular complexity index is 2060. The van der Waals surface area contributed by atoms with Gasteiger partial charge >= 0.3 is 5.97 Å². The van der Waals surface area contributed by atoms with Gasteiger partial charge in [-0.05, 0) is 112 Å². The van der Waals surface area contributed by atoms with Crippen LogP contribution in [0.2, 0.25) is 5.02 Å². The topological polar surface area (TPSA) is 104 Å². The van der Waals surface area contributed by atoms with Crippen molar-refractivity contribution in [2.24, 2.45) is 44.3 Å². The van der Waals surface area contributed by atoms with Gasteiger partial charge < -0.3 is 19.8 Å². The highest BCUT2D eigenvalue weighted by Crippen LogP contribution is 2.78. The summed E-state index contributed by atoms with van der Waals surface area (Å²) < 4.78 is 21.4. The van der Waals surface area contributed by atoms with Crippen molar-refractivity contribution in [3.63, 3.8) is 0 Å². The number of carbonyl (C=O) groups is 3. The average Bonchev–Trinajstić information content (AvgIpc) is 3.85. The van der Waals surface area contributed by atoms with E-state index >= 15 is 9.18 Å². The lowest BCUT2D eigenvalue weighted by atomic mass is 9.32. The maximum Gasteiger partial charge on any atom is 0.313 e. The fourth-order valence-electron chi connectivity index (χ4n) is 13.9. The highest BCUT2D eigenvalue weighted by atomic mass is 35.5. The third-order valence-electron chi connectivity index (χ3n) is 17.8. The Labute approximate surface area is 338 Å². The van der Waals surface area contributed by atoms with Gasteiger partial charge in [0.05, 0.1) is 23.7 Å². The number of fused-ring (bicyclic) bond motifs is 3. The normalized spacial score (nSPS) is 42.5. The molecule has 1 saturated heterocycles. The van der Waals surface area contributed by atoms with Crippen LogP contribution in [0.4, 0.5) is 4.39 Å². The molecule has 0 radical (unpaired) electrons. The number of allylic oxidation sites excluding steroid dienone is 4. The predicted molar refractivity (Wildman–Crippen MR) is 213 cm³/mol. The monoisotopic (exact) mass is 803 g/mol. The highest BCUT2D eigenvalue weighted by Gasteiger charge is 2.78. The SMILES string of the molecule is CC1(C)[C@@]2(C)CC[C@]1(C(=O)N(CCc1cccs1)C[C@]1(O)CC[C@H]3[C@]45C=C[C@@]6(C=C4C(=O)Cc4c(F)cccc4Cl)CC(O)CC[C@]6(C)[C@H]5CC[C@@]31C)OC2=O. The molecule has 1 aliphatic heterocycles. The molecule has 1 unspecified atom stereocenters. The maximum atomic E-state index is 15.3. The van der Waals surface area contributed by atoms with Crippen molar-refractivity contribution in [3.05, 3.63) is 80.8 Å². The molecule has 1 amide bonds. The summed E-state index contributed by atoms with van der Waals surface area (Å²) in [6.07, 6.45) is 12.2. The Morgan fingerprint density at radius 3 is 2.38 bits per heavy atom. The molecule has 2 N–H and O–H groups in total. The molecule has 2 spiro atoms. The van der Waals surface area contributed by atoms with Gasteiger partial charge in [0.1, 0.15) is 5.82 Å². The molecule has 7 aliphatic carbocycles. The molecule has 5 fully saturated rings. The quantitative estimate of drug-likeness (QED) is 0.195. The van der Waals surface area contributed by atoms with E-state index < -0.39 is 50.2 Å². The van der Waals surface area contributed by atoms with E-state index in [1.54, 1.807) is 28.4 Å². The number of thiophene rings is 1. The highest BCUT2D eigenvalue weighted by molar-refractivity contribution is 7.09. The summed E-state index contributed by atoms with van der Waals surface area (Å²) in [5, 5.41) is 26.6. The zero-order valence-corrected chi connectivity index (χ0v) is 34.8. The molecule has 1 aromatic heterocycles. The van der Waals surface area contributed by atoms with Crippen LogP contribution in [-0.4, -0.2) is 63.2 Å². The number of nitrogens with zero attached hydrogens (tertiary/aromatic N) is 1. The molecule has 10 rings (SSSR count). The smallest absolute Gasteiger partial charge is 0.313 e. The van der Waals surface area contributed by atoms with Crippen molar-refractivity contribution >= 4 is 40.6 Å². The van der Waals surface area contributed by atoms with Crippen LogP contribution < -0.4 is 0 Å². The zero-order valence-electron chi connectivity index (χ0n) is 33.3. The molecule has 56 heavy (non-hydrogen) atoms. The number of rotatable bonds is 9. The minimum atomic E-state index is -1.31. The van der Waals surface area contributed by atoms with Crippen molar-refractivity contribution < 1.29 is 33.7 Å². The lowest BCUT2D eigenvalue weighted by Gasteiger charge is -2.71. The number of ketones is 1. The number of aliphatic hydroxyl groups excluding tert-OH is 1. The van der Waals surface area contributed by atoms with E-state index in [-0.39, 0.29) is 58.5 Å². The van der Waals surface area contributed by atoms with Crippen LogP contribution in [0.25, 0.3) is 0 Å². The van der Waals surface area contributed by atoms with Crippen LogP contribution in [-0.2, 0) is 32.0 Å². The van der Waals surface area contributed by atoms with Gasteiger partial charge in [0.2, 0.25) is 0 Å². The summed E-state index contributed by atoms with van der Waals surface area (Å²) in [7, 11) is 0. The van der Waals surface area contributed by atoms with E-state index in [2.05, 4.69) is 38.1 Å². The predicted octanol–water partition coefficient (Wildman–Crippen LogP) is 8.44. The maximum absolute atomic E-state index is 15.3. The summed E-state index contributed by atoms with van der Waals surface area (Å²) >= 11 is 8.15. The fourth-order valence-corrected chi connectivity index (χ4v) is 14.8. The minimum absolute atomic E-state index is 0.0679. The molecule has 2 heterocycles. The molecule has 1 aromatic carbocycles. The van der Waals surface area contributed by atoms with E-state index in [9.17, 15) is 19.8 Å². The Balaban J connectivity index is 1.11. The van der Waals surface area contributed by atoms with Gasteiger partial charge in [0.25, 0.3) is 5.91 Å². The molecule has 7 nitrogen and oxygen atoms in total. The summed E-state index contributed by atoms with van der Waals surface area (Å²) in [6.45, 7) is 10.8. The second-order valence-electron chi connectivity index (χ2n) is 19.8. The zero-order chi connectivity index (χ0) is 39.9. The second-order valence-corrected chi connectivity index (χ2v) is 21.3. The van der Waals surface area contributed by atoms with Gasteiger partial charge in [0.15, 0.2) is 11.4 Å². The molecular formula is C46H55ClFNO6S. The van der Waals surface area contributed by atoms with Gasteiger partial charge in [-0.15, -0.1) is 11.3 Å². The lowest BCUT2D eigenvalue weighted by Crippen LogP contribution is -2.68. The number of halogens is 2. The number of carbonyl (C=O) groups excluding carboxylic acids is 3.